The number of pyridine rings is 1. The molecule has 0 aromatic carbocycles. The molecule has 14 heavy (non-hydrogen) atoms. The maximum absolute atomic E-state index is 11.3. The third-order valence-electron chi connectivity index (χ3n) is 1.91. The SMILES string of the molecule is O=CCn1c(=O)cnc2cnccc21. The van der Waals surface area contributed by atoms with Gasteiger partial charge in [0.1, 0.15) is 11.8 Å². The first kappa shape index (κ1) is 8.55. The van der Waals surface area contributed by atoms with Crippen LogP contribution in [0.2, 0.25) is 0 Å². The van der Waals surface area contributed by atoms with Gasteiger partial charge in [0.15, 0.2) is 0 Å². The number of fused-ring (bicyclic) bond motifs is 1. The molecule has 0 aliphatic rings. The Hall–Kier alpha value is -2.04. The number of rotatable bonds is 2. The highest BCUT2D eigenvalue weighted by atomic mass is 16.1. The second-order valence-electron chi connectivity index (χ2n) is 2.74. The van der Waals surface area contributed by atoms with Gasteiger partial charge in [0.25, 0.3) is 5.56 Å². The van der Waals surface area contributed by atoms with Crippen molar-refractivity contribution in [2.75, 3.05) is 0 Å². The molecule has 2 aromatic heterocycles. The van der Waals surface area contributed by atoms with Crippen LogP contribution >= 0.6 is 0 Å². The van der Waals surface area contributed by atoms with Gasteiger partial charge in [-0.3, -0.25) is 14.3 Å². The van der Waals surface area contributed by atoms with E-state index in [0.717, 1.165) is 0 Å². The first-order valence-electron chi connectivity index (χ1n) is 4.06. The van der Waals surface area contributed by atoms with Gasteiger partial charge < -0.3 is 4.79 Å². The average molecular weight is 189 g/mol. The maximum Gasteiger partial charge on any atom is 0.269 e. The van der Waals surface area contributed by atoms with E-state index in [9.17, 15) is 9.59 Å². The average Bonchev–Trinajstić information content (AvgIpc) is 2.23. The summed E-state index contributed by atoms with van der Waals surface area (Å²) >= 11 is 0. The molecule has 0 saturated carbocycles. The molecule has 0 fully saturated rings. The molecule has 0 N–H and O–H groups in total. The third-order valence-corrected chi connectivity index (χ3v) is 1.91. The van der Waals surface area contributed by atoms with E-state index in [0.29, 0.717) is 17.3 Å². The fraction of sp³-hybridized carbons (Fsp3) is 0.111. The van der Waals surface area contributed by atoms with Crippen LogP contribution in [0.1, 0.15) is 0 Å². The van der Waals surface area contributed by atoms with Crippen molar-refractivity contribution < 1.29 is 4.79 Å². The van der Waals surface area contributed by atoms with E-state index in [1.165, 1.54) is 10.8 Å². The fourth-order valence-electron chi connectivity index (χ4n) is 1.28. The first-order chi connectivity index (χ1) is 6.83. The second kappa shape index (κ2) is 3.37. The zero-order valence-corrected chi connectivity index (χ0v) is 7.25. The van der Waals surface area contributed by atoms with Crippen LogP contribution in [-0.2, 0) is 11.3 Å². The largest absolute Gasteiger partial charge is 0.301 e. The van der Waals surface area contributed by atoms with Crippen molar-refractivity contribution in [2.45, 2.75) is 6.54 Å². The van der Waals surface area contributed by atoms with Crippen LogP contribution in [-0.4, -0.2) is 20.8 Å². The van der Waals surface area contributed by atoms with Gasteiger partial charge in [-0.25, -0.2) is 4.98 Å². The summed E-state index contributed by atoms with van der Waals surface area (Å²) in [5.74, 6) is 0. The lowest BCUT2D eigenvalue weighted by atomic mass is 10.3. The van der Waals surface area contributed by atoms with E-state index < -0.39 is 0 Å². The number of hydrogen-bond donors (Lipinski definition) is 0. The molecule has 2 rings (SSSR count). The molecule has 0 amide bonds. The van der Waals surface area contributed by atoms with E-state index in [1.54, 1.807) is 18.5 Å². The number of hydrogen-bond acceptors (Lipinski definition) is 4. The number of aldehydes is 1. The Morgan fingerprint density at radius 1 is 1.43 bits per heavy atom. The Bertz CT molecular complexity index is 533. The van der Waals surface area contributed by atoms with E-state index in [1.807, 2.05) is 0 Å². The van der Waals surface area contributed by atoms with Crippen molar-refractivity contribution in [3.05, 3.63) is 35.0 Å². The van der Waals surface area contributed by atoms with Gasteiger partial charge >= 0.3 is 0 Å². The van der Waals surface area contributed by atoms with Crippen molar-refractivity contribution in [1.29, 1.82) is 0 Å². The lowest BCUT2D eigenvalue weighted by molar-refractivity contribution is -0.108. The van der Waals surface area contributed by atoms with Crippen LogP contribution < -0.4 is 5.56 Å². The van der Waals surface area contributed by atoms with Crippen molar-refractivity contribution in [1.82, 2.24) is 14.5 Å². The topological polar surface area (TPSA) is 64.8 Å². The third kappa shape index (κ3) is 1.28. The summed E-state index contributed by atoms with van der Waals surface area (Å²) in [4.78, 5) is 29.5. The predicted molar refractivity (Wildman–Crippen MR) is 49.9 cm³/mol. The lowest BCUT2D eigenvalue weighted by Crippen LogP contribution is -2.21. The number of carbonyl (C=O) groups is 1. The van der Waals surface area contributed by atoms with Crippen LogP contribution in [0.25, 0.3) is 11.0 Å². The molecule has 0 bridgehead atoms. The molecule has 0 unspecified atom stereocenters. The molecular formula is C9H7N3O2. The predicted octanol–water partition coefficient (Wildman–Crippen LogP) is -0.00960. The molecule has 5 heteroatoms. The Labute approximate surface area is 79.0 Å². The molecule has 2 heterocycles. The van der Waals surface area contributed by atoms with E-state index in [-0.39, 0.29) is 12.1 Å². The number of nitrogens with zero attached hydrogens (tertiary/aromatic N) is 3. The number of aromatic nitrogens is 3. The molecule has 2 aromatic rings. The Morgan fingerprint density at radius 2 is 2.29 bits per heavy atom. The fourth-order valence-corrected chi connectivity index (χ4v) is 1.28. The van der Waals surface area contributed by atoms with Gasteiger partial charge in [-0.2, -0.15) is 0 Å². The highest BCUT2D eigenvalue weighted by Crippen LogP contribution is 2.05. The Morgan fingerprint density at radius 3 is 3.07 bits per heavy atom. The van der Waals surface area contributed by atoms with Gasteiger partial charge in [0, 0.05) is 6.20 Å². The monoisotopic (exact) mass is 189 g/mol. The summed E-state index contributed by atoms with van der Waals surface area (Å²) in [5.41, 5.74) is 0.948. The Balaban J connectivity index is 2.82. The molecule has 0 radical (unpaired) electrons. The smallest absolute Gasteiger partial charge is 0.269 e. The highest BCUT2D eigenvalue weighted by Gasteiger charge is 2.02. The molecular weight excluding hydrogens is 182 g/mol. The van der Waals surface area contributed by atoms with Crippen LogP contribution in [0.3, 0.4) is 0 Å². The van der Waals surface area contributed by atoms with E-state index in [4.69, 9.17) is 0 Å². The van der Waals surface area contributed by atoms with Crippen molar-refractivity contribution in [3.63, 3.8) is 0 Å². The minimum Gasteiger partial charge on any atom is -0.301 e. The Kier molecular flexibility index (Phi) is 2.06. The minimum atomic E-state index is -0.282. The molecule has 0 spiro atoms. The van der Waals surface area contributed by atoms with Crippen LogP contribution in [0.4, 0.5) is 0 Å². The van der Waals surface area contributed by atoms with Crippen LogP contribution in [0.5, 0.6) is 0 Å². The summed E-state index contributed by atoms with van der Waals surface area (Å²) < 4.78 is 1.36. The molecule has 70 valence electrons. The first-order valence-corrected chi connectivity index (χ1v) is 4.06. The van der Waals surface area contributed by atoms with Crippen molar-refractivity contribution in [3.8, 4) is 0 Å². The minimum absolute atomic E-state index is 0.0435. The molecule has 0 aliphatic carbocycles. The number of carbonyl (C=O) groups excluding carboxylic acids is 1. The van der Waals surface area contributed by atoms with Gasteiger partial charge in [-0.1, -0.05) is 0 Å². The zero-order chi connectivity index (χ0) is 9.97. The van der Waals surface area contributed by atoms with Crippen molar-refractivity contribution >= 4 is 17.3 Å². The lowest BCUT2D eigenvalue weighted by Gasteiger charge is -2.03. The van der Waals surface area contributed by atoms with Gasteiger partial charge in [-0.15, -0.1) is 0 Å². The van der Waals surface area contributed by atoms with Crippen LogP contribution in [0.15, 0.2) is 29.5 Å². The highest BCUT2D eigenvalue weighted by molar-refractivity contribution is 5.73. The normalized spacial score (nSPS) is 10.3. The summed E-state index contributed by atoms with van der Waals surface area (Å²) in [6.07, 6.45) is 4.98. The molecule has 0 aliphatic heterocycles. The van der Waals surface area contributed by atoms with E-state index >= 15 is 0 Å². The molecule has 0 saturated heterocycles. The molecule has 5 nitrogen and oxygen atoms in total. The van der Waals surface area contributed by atoms with Gasteiger partial charge in [-0.05, 0) is 6.07 Å². The quantitative estimate of drug-likeness (QED) is 0.623. The van der Waals surface area contributed by atoms with E-state index in [2.05, 4.69) is 9.97 Å². The maximum atomic E-state index is 11.3. The standard InChI is InChI=1S/C9H7N3O2/c13-4-3-12-8-1-2-10-5-7(8)11-6-9(12)14/h1-2,4-6H,3H2. The molecule has 0 atom stereocenters. The summed E-state index contributed by atoms with van der Waals surface area (Å²) in [7, 11) is 0. The summed E-state index contributed by atoms with van der Waals surface area (Å²) in [6, 6.07) is 1.66. The van der Waals surface area contributed by atoms with Crippen LogP contribution in [0, 0.1) is 0 Å². The summed E-state index contributed by atoms with van der Waals surface area (Å²) in [6.45, 7) is 0.0435. The summed E-state index contributed by atoms with van der Waals surface area (Å²) in [5, 5.41) is 0. The van der Waals surface area contributed by atoms with Gasteiger partial charge in [0.05, 0.1) is 24.5 Å². The van der Waals surface area contributed by atoms with Gasteiger partial charge in [0.2, 0.25) is 0 Å². The zero-order valence-electron chi connectivity index (χ0n) is 7.25. The second-order valence-corrected chi connectivity index (χ2v) is 2.74. The van der Waals surface area contributed by atoms with Crippen molar-refractivity contribution in [2.24, 2.45) is 0 Å².